The van der Waals surface area contributed by atoms with E-state index in [9.17, 15) is 4.79 Å². The van der Waals surface area contributed by atoms with Gasteiger partial charge in [0.15, 0.2) is 0 Å². The predicted octanol–water partition coefficient (Wildman–Crippen LogP) is 3.33. The number of para-hydroxylation sites is 1. The summed E-state index contributed by atoms with van der Waals surface area (Å²) < 4.78 is 0. The molecule has 3 rings (SSSR count). The molecular weight excluding hydrogens is 248 g/mol. The molecule has 1 aliphatic rings. The number of aromatic amines is 1. The summed E-state index contributed by atoms with van der Waals surface area (Å²) >= 11 is 0. The first-order chi connectivity index (χ1) is 9.74. The average Bonchev–Trinajstić information content (AvgIpc) is 2.89. The number of benzene rings is 1. The van der Waals surface area contributed by atoms with E-state index in [-0.39, 0.29) is 0 Å². The van der Waals surface area contributed by atoms with Crippen molar-refractivity contribution in [3.63, 3.8) is 0 Å². The molecule has 3 nitrogen and oxygen atoms in total. The lowest BCUT2D eigenvalue weighted by Gasteiger charge is -2.31. The summed E-state index contributed by atoms with van der Waals surface area (Å²) in [5.41, 5.74) is 2.70. The molecule has 0 saturated carbocycles. The van der Waals surface area contributed by atoms with Gasteiger partial charge in [0.2, 0.25) is 0 Å². The molecule has 1 N–H and O–H groups in total. The molecule has 106 valence electrons. The molecule has 0 amide bonds. The number of aromatic nitrogens is 1. The van der Waals surface area contributed by atoms with Crippen molar-refractivity contribution in [3.8, 4) is 0 Å². The Hall–Kier alpha value is -1.61. The van der Waals surface area contributed by atoms with Crippen molar-refractivity contribution < 1.29 is 4.79 Å². The molecule has 1 aromatic carbocycles. The highest BCUT2D eigenvalue weighted by molar-refractivity contribution is 5.83. The van der Waals surface area contributed by atoms with E-state index in [1.165, 1.54) is 29.3 Å². The molecule has 1 fully saturated rings. The van der Waals surface area contributed by atoms with E-state index in [1.807, 2.05) is 0 Å². The first-order valence-corrected chi connectivity index (χ1v) is 7.52. The molecule has 0 atom stereocenters. The summed E-state index contributed by atoms with van der Waals surface area (Å²) in [7, 11) is 0. The summed E-state index contributed by atoms with van der Waals surface area (Å²) in [5.74, 6) is 0.948. The minimum Gasteiger partial charge on any atom is -0.361 e. The van der Waals surface area contributed by atoms with Crippen LogP contribution in [0.1, 0.15) is 37.7 Å². The Morgan fingerprint density at radius 1 is 1.30 bits per heavy atom. The molecule has 0 spiro atoms. The third kappa shape index (κ3) is 2.78. The van der Waals surface area contributed by atoms with Crippen LogP contribution in [0.5, 0.6) is 0 Å². The van der Waals surface area contributed by atoms with Gasteiger partial charge in [-0.3, -0.25) is 4.79 Å². The van der Waals surface area contributed by atoms with Crippen LogP contribution in [-0.4, -0.2) is 35.3 Å². The van der Waals surface area contributed by atoms with E-state index in [0.29, 0.717) is 18.1 Å². The maximum absolute atomic E-state index is 11.1. The molecule has 20 heavy (non-hydrogen) atoms. The second-order valence-electron chi connectivity index (χ2n) is 5.86. The summed E-state index contributed by atoms with van der Waals surface area (Å²) in [6, 6.07) is 8.54. The normalized spacial score (nSPS) is 17.6. The number of hydrogen-bond acceptors (Lipinski definition) is 2. The van der Waals surface area contributed by atoms with Gasteiger partial charge in [-0.05, 0) is 50.4 Å². The van der Waals surface area contributed by atoms with E-state index in [0.717, 1.165) is 19.6 Å². The Morgan fingerprint density at radius 2 is 2.05 bits per heavy atom. The van der Waals surface area contributed by atoms with Crippen LogP contribution < -0.4 is 0 Å². The van der Waals surface area contributed by atoms with E-state index >= 15 is 0 Å². The number of hydrogen-bond donors (Lipinski definition) is 1. The Bertz CT molecular complexity index is 594. The quantitative estimate of drug-likeness (QED) is 0.925. The van der Waals surface area contributed by atoms with Crippen molar-refractivity contribution >= 4 is 16.7 Å². The van der Waals surface area contributed by atoms with Crippen molar-refractivity contribution in [2.24, 2.45) is 0 Å². The van der Waals surface area contributed by atoms with Gasteiger partial charge in [0.05, 0.1) is 0 Å². The molecular formula is C17H22N2O. The summed E-state index contributed by atoms with van der Waals surface area (Å²) in [6.45, 7) is 4.82. The molecule has 1 aliphatic heterocycles. The highest BCUT2D eigenvalue weighted by atomic mass is 16.1. The molecule has 2 aromatic rings. The second-order valence-corrected chi connectivity index (χ2v) is 5.86. The number of carbonyl (C=O) groups is 1. The third-order valence-electron chi connectivity index (χ3n) is 4.43. The number of H-pyrrole nitrogens is 1. The van der Waals surface area contributed by atoms with Gasteiger partial charge in [0.25, 0.3) is 0 Å². The Kier molecular flexibility index (Phi) is 3.88. The van der Waals surface area contributed by atoms with Crippen LogP contribution in [0.15, 0.2) is 30.5 Å². The van der Waals surface area contributed by atoms with Crippen molar-refractivity contribution in [1.82, 2.24) is 9.88 Å². The molecule has 1 aromatic heterocycles. The van der Waals surface area contributed by atoms with E-state index in [1.54, 1.807) is 6.92 Å². The highest BCUT2D eigenvalue weighted by Gasteiger charge is 2.22. The van der Waals surface area contributed by atoms with Crippen molar-refractivity contribution in [2.45, 2.75) is 32.1 Å². The van der Waals surface area contributed by atoms with Gasteiger partial charge in [-0.25, -0.2) is 0 Å². The first kappa shape index (κ1) is 13.4. The molecule has 0 radical (unpaired) electrons. The maximum atomic E-state index is 11.1. The largest absolute Gasteiger partial charge is 0.361 e. The number of Topliss-reactive ketones (excluding diaryl/α,β-unsaturated/α-hetero) is 1. The van der Waals surface area contributed by atoms with E-state index < -0.39 is 0 Å². The SMILES string of the molecule is CC(=O)CCN1CCC(c2c[nH]c3ccccc23)CC1. The van der Waals surface area contributed by atoms with Crippen LogP contribution in [0, 0.1) is 0 Å². The molecule has 3 heteroatoms. The Morgan fingerprint density at radius 3 is 2.80 bits per heavy atom. The number of nitrogens with one attached hydrogen (secondary N) is 1. The van der Waals surface area contributed by atoms with Crippen molar-refractivity contribution in [3.05, 3.63) is 36.0 Å². The lowest BCUT2D eigenvalue weighted by Crippen LogP contribution is -2.34. The molecule has 0 aliphatic carbocycles. The van der Waals surface area contributed by atoms with Gasteiger partial charge in [-0.1, -0.05) is 18.2 Å². The van der Waals surface area contributed by atoms with Crippen LogP contribution in [0.3, 0.4) is 0 Å². The van der Waals surface area contributed by atoms with Crippen LogP contribution in [0.25, 0.3) is 10.9 Å². The Balaban J connectivity index is 1.65. The maximum Gasteiger partial charge on any atom is 0.131 e. The van der Waals surface area contributed by atoms with Gasteiger partial charge >= 0.3 is 0 Å². The van der Waals surface area contributed by atoms with Crippen molar-refractivity contribution in [2.75, 3.05) is 19.6 Å². The monoisotopic (exact) mass is 270 g/mol. The number of piperidine rings is 1. The van der Waals surface area contributed by atoms with Gasteiger partial charge in [-0.2, -0.15) is 0 Å². The summed E-state index contributed by atoms with van der Waals surface area (Å²) in [4.78, 5) is 16.9. The minimum absolute atomic E-state index is 0.295. The zero-order chi connectivity index (χ0) is 13.9. The summed E-state index contributed by atoms with van der Waals surface area (Å²) in [5, 5.41) is 1.37. The standard InChI is InChI=1S/C17H22N2O/c1-13(20)6-9-19-10-7-14(8-11-19)16-12-18-17-5-3-2-4-15(16)17/h2-5,12,14,18H,6-11H2,1H3. The van der Waals surface area contributed by atoms with Gasteiger partial charge in [0, 0.05) is 30.1 Å². The number of rotatable bonds is 4. The zero-order valence-electron chi connectivity index (χ0n) is 12.1. The van der Waals surface area contributed by atoms with Crippen molar-refractivity contribution in [1.29, 1.82) is 0 Å². The lowest BCUT2D eigenvalue weighted by atomic mass is 9.89. The van der Waals surface area contributed by atoms with E-state index in [2.05, 4.69) is 40.3 Å². The fourth-order valence-electron chi connectivity index (χ4n) is 3.21. The zero-order valence-corrected chi connectivity index (χ0v) is 12.1. The molecule has 0 unspecified atom stereocenters. The molecule has 0 bridgehead atoms. The lowest BCUT2D eigenvalue weighted by molar-refractivity contribution is -0.117. The number of fused-ring (bicyclic) bond motifs is 1. The Labute approximate surface area is 120 Å². The highest BCUT2D eigenvalue weighted by Crippen LogP contribution is 2.32. The van der Waals surface area contributed by atoms with Crippen LogP contribution >= 0.6 is 0 Å². The third-order valence-corrected chi connectivity index (χ3v) is 4.43. The predicted molar refractivity (Wildman–Crippen MR) is 82.0 cm³/mol. The van der Waals surface area contributed by atoms with Crippen LogP contribution in [0.2, 0.25) is 0 Å². The molecule has 1 saturated heterocycles. The van der Waals surface area contributed by atoms with Crippen LogP contribution in [-0.2, 0) is 4.79 Å². The fraction of sp³-hybridized carbons (Fsp3) is 0.471. The van der Waals surface area contributed by atoms with Crippen LogP contribution in [0.4, 0.5) is 0 Å². The number of likely N-dealkylation sites (tertiary alicyclic amines) is 1. The van der Waals surface area contributed by atoms with Gasteiger partial charge in [-0.15, -0.1) is 0 Å². The summed E-state index contributed by atoms with van der Waals surface area (Å²) in [6.07, 6.45) is 5.26. The van der Waals surface area contributed by atoms with E-state index in [4.69, 9.17) is 0 Å². The average molecular weight is 270 g/mol. The number of ketones is 1. The number of nitrogens with zero attached hydrogens (tertiary/aromatic N) is 1. The molecule has 2 heterocycles. The van der Waals surface area contributed by atoms with Gasteiger partial charge < -0.3 is 9.88 Å². The first-order valence-electron chi connectivity index (χ1n) is 7.52. The second kappa shape index (κ2) is 5.80. The van der Waals surface area contributed by atoms with Gasteiger partial charge in [0.1, 0.15) is 5.78 Å². The smallest absolute Gasteiger partial charge is 0.131 e. The minimum atomic E-state index is 0.295. The fourth-order valence-corrected chi connectivity index (χ4v) is 3.21. The topological polar surface area (TPSA) is 36.1 Å². The number of carbonyl (C=O) groups excluding carboxylic acids is 1.